The SMILES string of the molecule is CC(C)C1CCC(N2CCC(n3cc(CN)c4cc(OS(N)(=O)=O)ccc43)CC2)CC1. The summed E-state index contributed by atoms with van der Waals surface area (Å²) < 4.78 is 29.7. The smallest absolute Gasteiger partial charge is 0.371 e. The Morgan fingerprint density at radius 2 is 1.74 bits per heavy atom. The van der Waals surface area contributed by atoms with E-state index in [2.05, 4.69) is 29.5 Å². The molecule has 1 aliphatic carbocycles. The van der Waals surface area contributed by atoms with Crippen molar-refractivity contribution < 1.29 is 12.6 Å². The first-order valence-corrected chi connectivity index (χ1v) is 13.0. The van der Waals surface area contributed by atoms with E-state index >= 15 is 0 Å². The van der Waals surface area contributed by atoms with Gasteiger partial charge in [-0.25, -0.2) is 0 Å². The summed E-state index contributed by atoms with van der Waals surface area (Å²) in [6, 6.07) is 6.46. The maximum absolute atomic E-state index is 11.3. The Kier molecular flexibility index (Phi) is 6.62. The maximum atomic E-state index is 11.3. The summed E-state index contributed by atoms with van der Waals surface area (Å²) in [6.45, 7) is 7.37. The van der Waals surface area contributed by atoms with Gasteiger partial charge in [0.05, 0.1) is 0 Å². The number of aromatic nitrogens is 1. The minimum absolute atomic E-state index is 0.217. The normalized spacial score (nSPS) is 24.2. The largest absolute Gasteiger partial charge is 0.380 e. The average molecular weight is 449 g/mol. The molecule has 0 amide bonds. The van der Waals surface area contributed by atoms with E-state index in [9.17, 15) is 8.42 Å². The van der Waals surface area contributed by atoms with Crippen LogP contribution in [0.15, 0.2) is 24.4 Å². The van der Waals surface area contributed by atoms with Gasteiger partial charge in [-0.3, -0.25) is 0 Å². The maximum Gasteiger partial charge on any atom is 0.380 e. The van der Waals surface area contributed by atoms with Gasteiger partial charge in [0.1, 0.15) is 5.75 Å². The zero-order chi connectivity index (χ0) is 22.2. The molecular weight excluding hydrogens is 412 g/mol. The van der Waals surface area contributed by atoms with E-state index in [1.165, 1.54) is 25.7 Å². The van der Waals surface area contributed by atoms with Crippen LogP contribution < -0.4 is 15.1 Å². The molecule has 1 aromatic carbocycles. The summed E-state index contributed by atoms with van der Waals surface area (Å²) in [5.74, 6) is 1.92. The zero-order valence-corrected chi connectivity index (χ0v) is 19.5. The molecule has 2 fully saturated rings. The number of piperidine rings is 1. The van der Waals surface area contributed by atoms with Crippen molar-refractivity contribution in [1.29, 1.82) is 0 Å². The van der Waals surface area contributed by atoms with E-state index in [1.807, 2.05) is 6.07 Å². The van der Waals surface area contributed by atoms with Crippen molar-refractivity contribution in [3.05, 3.63) is 30.0 Å². The van der Waals surface area contributed by atoms with E-state index in [1.54, 1.807) is 12.1 Å². The molecule has 2 aliphatic rings. The molecule has 0 atom stereocenters. The lowest BCUT2D eigenvalue weighted by molar-refractivity contribution is 0.0894. The molecule has 2 aromatic rings. The third-order valence-corrected chi connectivity index (χ3v) is 7.84. The molecule has 1 aromatic heterocycles. The predicted octanol–water partition coefficient (Wildman–Crippen LogP) is 3.53. The molecule has 1 aliphatic heterocycles. The van der Waals surface area contributed by atoms with Crippen molar-refractivity contribution in [3.8, 4) is 5.75 Å². The first-order valence-electron chi connectivity index (χ1n) is 11.5. The molecule has 31 heavy (non-hydrogen) atoms. The highest BCUT2D eigenvalue weighted by atomic mass is 32.2. The van der Waals surface area contributed by atoms with E-state index in [4.69, 9.17) is 15.1 Å². The van der Waals surface area contributed by atoms with Crippen molar-refractivity contribution in [1.82, 2.24) is 9.47 Å². The van der Waals surface area contributed by atoms with Crippen LogP contribution in [0.4, 0.5) is 0 Å². The Balaban J connectivity index is 1.45. The number of hydrogen-bond donors (Lipinski definition) is 2. The third-order valence-electron chi connectivity index (χ3n) is 7.41. The molecule has 4 N–H and O–H groups in total. The summed E-state index contributed by atoms with van der Waals surface area (Å²) in [7, 11) is -4.05. The Hall–Kier alpha value is -1.61. The summed E-state index contributed by atoms with van der Waals surface area (Å²) in [4.78, 5) is 2.71. The lowest BCUT2D eigenvalue weighted by Crippen LogP contribution is -2.43. The van der Waals surface area contributed by atoms with Crippen LogP contribution in [-0.4, -0.2) is 37.0 Å². The van der Waals surface area contributed by atoms with Crippen LogP contribution in [0.5, 0.6) is 5.75 Å². The summed E-state index contributed by atoms with van der Waals surface area (Å²) in [5, 5.41) is 5.95. The molecule has 0 radical (unpaired) electrons. The van der Waals surface area contributed by atoms with Crippen LogP contribution >= 0.6 is 0 Å². The van der Waals surface area contributed by atoms with Crippen LogP contribution in [0.1, 0.15) is 64.0 Å². The summed E-state index contributed by atoms with van der Waals surface area (Å²) in [5.41, 5.74) is 8.04. The van der Waals surface area contributed by atoms with Gasteiger partial charge >= 0.3 is 10.3 Å². The second-order valence-corrected chi connectivity index (χ2v) is 10.8. The van der Waals surface area contributed by atoms with Gasteiger partial charge in [0, 0.05) is 48.8 Å². The third kappa shape index (κ3) is 5.08. The van der Waals surface area contributed by atoms with Gasteiger partial charge in [-0.05, 0) is 74.1 Å². The van der Waals surface area contributed by atoms with Crippen LogP contribution in [-0.2, 0) is 16.8 Å². The highest BCUT2D eigenvalue weighted by molar-refractivity contribution is 7.84. The quantitative estimate of drug-likeness (QED) is 0.703. The topological polar surface area (TPSA) is 104 Å². The molecule has 0 unspecified atom stereocenters. The van der Waals surface area contributed by atoms with E-state index < -0.39 is 10.3 Å². The molecule has 2 heterocycles. The van der Waals surface area contributed by atoms with Crippen molar-refractivity contribution in [3.63, 3.8) is 0 Å². The fraction of sp³-hybridized carbons (Fsp3) is 0.652. The van der Waals surface area contributed by atoms with E-state index in [0.29, 0.717) is 12.6 Å². The first-order chi connectivity index (χ1) is 14.7. The van der Waals surface area contributed by atoms with Crippen molar-refractivity contribution in [2.24, 2.45) is 22.7 Å². The number of rotatable bonds is 6. The van der Waals surface area contributed by atoms with E-state index in [0.717, 1.165) is 60.3 Å². The van der Waals surface area contributed by atoms with Gasteiger partial charge in [0.15, 0.2) is 0 Å². The monoisotopic (exact) mass is 448 g/mol. The minimum Gasteiger partial charge on any atom is -0.371 e. The zero-order valence-electron chi connectivity index (χ0n) is 18.7. The fourth-order valence-corrected chi connectivity index (χ4v) is 5.99. The molecular formula is C23H36N4O3S. The highest BCUT2D eigenvalue weighted by Crippen LogP contribution is 2.36. The second kappa shape index (κ2) is 9.10. The molecule has 172 valence electrons. The number of likely N-dealkylation sites (tertiary alicyclic amines) is 1. The standard InChI is InChI=1S/C23H36N4O3S/c1-16(2)17-3-5-19(6-4-17)26-11-9-20(10-12-26)27-15-18(14-24)22-13-21(7-8-23(22)27)30-31(25,28)29/h7-8,13,15-17,19-20H,3-6,9-12,14,24H2,1-2H3,(H2,25,28,29). The minimum atomic E-state index is -4.05. The van der Waals surface area contributed by atoms with Crippen molar-refractivity contribution in [2.45, 2.75) is 71.0 Å². The second-order valence-electron chi connectivity index (χ2n) is 9.60. The summed E-state index contributed by atoms with van der Waals surface area (Å²) in [6.07, 6.45) is 9.77. The Morgan fingerprint density at radius 3 is 2.32 bits per heavy atom. The Bertz CT molecular complexity index is 1000. The van der Waals surface area contributed by atoms with Crippen LogP contribution in [0.2, 0.25) is 0 Å². The molecule has 1 saturated heterocycles. The Labute approximate surface area is 186 Å². The number of hydrogen-bond acceptors (Lipinski definition) is 5. The fourth-order valence-electron chi connectivity index (χ4n) is 5.62. The van der Waals surface area contributed by atoms with Crippen LogP contribution in [0.3, 0.4) is 0 Å². The average Bonchev–Trinajstić information content (AvgIpc) is 3.11. The number of nitrogens with two attached hydrogens (primary N) is 2. The van der Waals surface area contributed by atoms with Gasteiger partial charge in [0.2, 0.25) is 0 Å². The Morgan fingerprint density at radius 1 is 1.06 bits per heavy atom. The molecule has 0 bridgehead atoms. The number of fused-ring (bicyclic) bond motifs is 1. The van der Waals surface area contributed by atoms with Gasteiger partial charge in [-0.1, -0.05) is 13.8 Å². The molecule has 8 heteroatoms. The van der Waals surface area contributed by atoms with Gasteiger partial charge < -0.3 is 19.4 Å². The lowest BCUT2D eigenvalue weighted by Gasteiger charge is -2.42. The molecule has 0 spiro atoms. The molecule has 7 nitrogen and oxygen atoms in total. The van der Waals surface area contributed by atoms with Gasteiger partial charge in [-0.2, -0.15) is 13.6 Å². The number of benzene rings is 1. The van der Waals surface area contributed by atoms with Gasteiger partial charge in [0.25, 0.3) is 0 Å². The molecule has 4 rings (SSSR count). The van der Waals surface area contributed by atoms with Gasteiger partial charge in [-0.15, -0.1) is 0 Å². The number of nitrogens with zero attached hydrogens (tertiary/aromatic N) is 2. The van der Waals surface area contributed by atoms with Crippen molar-refractivity contribution in [2.75, 3.05) is 13.1 Å². The molecule has 1 saturated carbocycles. The lowest BCUT2D eigenvalue weighted by atomic mass is 9.79. The van der Waals surface area contributed by atoms with Crippen molar-refractivity contribution >= 4 is 21.2 Å². The first kappa shape index (κ1) is 22.6. The van der Waals surface area contributed by atoms with E-state index in [-0.39, 0.29) is 5.75 Å². The highest BCUT2D eigenvalue weighted by Gasteiger charge is 2.30. The summed E-state index contributed by atoms with van der Waals surface area (Å²) >= 11 is 0. The predicted molar refractivity (Wildman–Crippen MR) is 124 cm³/mol. The van der Waals surface area contributed by atoms with Crippen LogP contribution in [0, 0.1) is 11.8 Å². The van der Waals surface area contributed by atoms with Crippen LogP contribution in [0.25, 0.3) is 10.9 Å².